The van der Waals surface area contributed by atoms with Gasteiger partial charge in [0, 0.05) is 19.6 Å². The van der Waals surface area contributed by atoms with E-state index in [1.807, 2.05) is 0 Å². The van der Waals surface area contributed by atoms with E-state index in [-0.39, 0.29) is 57.0 Å². The summed E-state index contributed by atoms with van der Waals surface area (Å²) in [5.41, 5.74) is 11.2. The van der Waals surface area contributed by atoms with E-state index in [4.69, 9.17) is 11.5 Å². The Morgan fingerprint density at radius 1 is 1.31 bits per heavy atom. The van der Waals surface area contributed by atoms with Crippen LogP contribution in [0.15, 0.2) is 29.3 Å². The lowest BCUT2D eigenvalue weighted by atomic mass is 10.0. The third-order valence-electron chi connectivity index (χ3n) is 3.95. The molecule has 0 saturated carbocycles. The average Bonchev–Trinajstić information content (AvgIpc) is 2.68. The summed E-state index contributed by atoms with van der Waals surface area (Å²) in [5, 5.41) is 2.36. The van der Waals surface area contributed by atoms with E-state index >= 15 is 0 Å². The zero-order valence-corrected chi connectivity index (χ0v) is 15.9. The van der Waals surface area contributed by atoms with Crippen molar-refractivity contribution >= 4 is 24.1 Å². The lowest BCUT2D eigenvalue weighted by Gasteiger charge is -2.30. The maximum atomic E-state index is 12.5. The van der Waals surface area contributed by atoms with Crippen molar-refractivity contribution in [1.29, 1.82) is 0 Å². The van der Waals surface area contributed by atoms with Gasteiger partial charge < -0.3 is 31.2 Å². The lowest BCUT2D eigenvalue weighted by Crippen LogP contribution is -2.46. The van der Waals surface area contributed by atoms with Gasteiger partial charge in [-0.1, -0.05) is 12.7 Å². The molecular formula is C17H25F2N5O5. The van der Waals surface area contributed by atoms with Crippen LogP contribution < -0.4 is 16.8 Å². The van der Waals surface area contributed by atoms with Gasteiger partial charge in [-0.3, -0.25) is 4.79 Å². The smallest absolute Gasteiger partial charge is 0.438 e. The Balaban J connectivity index is 2.26. The lowest BCUT2D eigenvalue weighted by molar-refractivity contribution is -0.133. The normalized spacial score (nSPS) is 15.3. The Hall–Kier alpha value is -3.02. The highest BCUT2D eigenvalue weighted by molar-refractivity contribution is 5.91. The number of amidine groups is 1. The monoisotopic (exact) mass is 417 g/mol. The number of aliphatic imine (C=N–C) groups is 1. The number of nitrogens with one attached hydrogen (secondary N) is 1. The second kappa shape index (κ2) is 12.4. The molecule has 5 N–H and O–H groups in total. The molecule has 3 amide bonds. The molecule has 10 nitrogen and oxygen atoms in total. The third-order valence-corrected chi connectivity index (χ3v) is 3.95. The van der Waals surface area contributed by atoms with E-state index in [9.17, 15) is 23.2 Å². The number of halogens is 2. The number of nitrogens with zero attached hydrogens (tertiary/aromatic N) is 2. The van der Waals surface area contributed by atoms with Gasteiger partial charge in [0.25, 0.3) is 6.08 Å². The van der Waals surface area contributed by atoms with Crippen molar-refractivity contribution < 1.29 is 32.6 Å². The molecule has 1 unspecified atom stereocenters. The van der Waals surface area contributed by atoms with Crippen LogP contribution in [0.5, 0.6) is 0 Å². The topological polar surface area (TPSA) is 149 Å². The van der Waals surface area contributed by atoms with Crippen LogP contribution in [0, 0.1) is 0 Å². The molecule has 1 atom stereocenters. The Morgan fingerprint density at radius 2 is 1.97 bits per heavy atom. The SMILES string of the molecule is C=CCOC(=O)N=C(N)OC(=O)NCCCC(N)C(=O)N1CCC(=C(F)F)CC1. The van der Waals surface area contributed by atoms with E-state index < -0.39 is 30.3 Å². The van der Waals surface area contributed by atoms with Gasteiger partial charge in [0.1, 0.15) is 6.61 Å². The Labute approximate surface area is 166 Å². The molecule has 1 saturated heterocycles. The Kier molecular flexibility index (Phi) is 10.3. The number of carbonyl (C=O) groups excluding carboxylic acids is 3. The first-order chi connectivity index (χ1) is 13.7. The van der Waals surface area contributed by atoms with Crippen molar-refractivity contribution in [2.24, 2.45) is 16.5 Å². The average molecular weight is 417 g/mol. The molecule has 1 aliphatic rings. The maximum absolute atomic E-state index is 12.5. The summed E-state index contributed by atoms with van der Waals surface area (Å²) in [5.74, 6) is -0.319. The number of hydrogen-bond donors (Lipinski definition) is 3. The minimum Gasteiger partial charge on any atom is -0.444 e. The summed E-state index contributed by atoms with van der Waals surface area (Å²) in [7, 11) is 0. The number of ether oxygens (including phenoxy) is 2. The number of amides is 3. The van der Waals surface area contributed by atoms with Gasteiger partial charge in [-0.15, -0.1) is 4.99 Å². The molecule has 0 aromatic rings. The van der Waals surface area contributed by atoms with Crippen LogP contribution in [0.25, 0.3) is 0 Å². The minimum absolute atomic E-state index is 0.0667. The molecule has 1 heterocycles. The molecule has 0 spiro atoms. The van der Waals surface area contributed by atoms with Crippen LogP contribution in [0.1, 0.15) is 25.7 Å². The summed E-state index contributed by atoms with van der Waals surface area (Å²) >= 11 is 0. The number of piperidine rings is 1. The van der Waals surface area contributed by atoms with Gasteiger partial charge in [0.2, 0.25) is 5.91 Å². The Bertz CT molecular complexity index is 669. The number of rotatable bonds is 7. The predicted octanol–water partition coefficient (Wildman–Crippen LogP) is 1.23. The van der Waals surface area contributed by atoms with Gasteiger partial charge in [-0.2, -0.15) is 8.78 Å². The van der Waals surface area contributed by atoms with Crippen LogP contribution in [-0.4, -0.2) is 61.3 Å². The van der Waals surface area contributed by atoms with Crippen LogP contribution in [0.3, 0.4) is 0 Å². The van der Waals surface area contributed by atoms with E-state index in [1.54, 1.807) is 0 Å². The molecule has 162 valence electrons. The number of nitrogens with two attached hydrogens (primary N) is 2. The molecular weight excluding hydrogens is 392 g/mol. The number of hydrogen-bond acceptors (Lipinski definition) is 6. The van der Waals surface area contributed by atoms with E-state index in [0.29, 0.717) is 6.42 Å². The van der Waals surface area contributed by atoms with E-state index in [2.05, 4.69) is 26.4 Å². The standard InChI is InChI=1S/C17H25F2N5O5/c1-2-10-28-17(27)23-15(21)29-16(26)22-7-3-4-12(20)14(25)24-8-5-11(6-9-24)13(18)19/h2,12H,1,3-10,20H2,(H,22,26)(H2,21,23,27). The van der Waals surface area contributed by atoms with Gasteiger partial charge >= 0.3 is 18.2 Å². The molecule has 0 aromatic carbocycles. The molecule has 1 fully saturated rings. The van der Waals surface area contributed by atoms with Crippen molar-refractivity contribution in [2.45, 2.75) is 31.7 Å². The molecule has 12 heteroatoms. The third kappa shape index (κ3) is 9.14. The second-order valence-electron chi connectivity index (χ2n) is 6.07. The zero-order chi connectivity index (χ0) is 21.8. The maximum Gasteiger partial charge on any atom is 0.438 e. The first-order valence-corrected chi connectivity index (χ1v) is 8.89. The summed E-state index contributed by atoms with van der Waals surface area (Å²) in [4.78, 5) is 39.5. The van der Waals surface area contributed by atoms with Crippen LogP contribution in [0.2, 0.25) is 0 Å². The number of alkyl carbamates (subject to hydrolysis) is 1. The molecule has 1 aliphatic heterocycles. The van der Waals surface area contributed by atoms with Crippen molar-refractivity contribution in [3.05, 3.63) is 24.3 Å². The summed E-state index contributed by atoms with van der Waals surface area (Å²) < 4.78 is 34.2. The fraction of sp³-hybridized carbons (Fsp3) is 0.529. The molecule has 0 aromatic heterocycles. The van der Waals surface area contributed by atoms with Gasteiger partial charge in [-0.25, -0.2) is 9.59 Å². The quantitative estimate of drug-likeness (QED) is 0.244. The highest BCUT2D eigenvalue weighted by Crippen LogP contribution is 2.22. The highest BCUT2D eigenvalue weighted by Gasteiger charge is 2.25. The minimum atomic E-state index is -1.68. The van der Waals surface area contributed by atoms with Gasteiger partial charge in [-0.05, 0) is 31.3 Å². The molecule has 1 rings (SSSR count). The van der Waals surface area contributed by atoms with E-state index in [0.717, 1.165) is 0 Å². The molecule has 0 bridgehead atoms. The fourth-order valence-electron chi connectivity index (χ4n) is 2.46. The summed E-state index contributed by atoms with van der Waals surface area (Å²) in [6.45, 7) is 3.83. The van der Waals surface area contributed by atoms with E-state index in [1.165, 1.54) is 11.0 Å². The van der Waals surface area contributed by atoms with Crippen LogP contribution >= 0.6 is 0 Å². The molecule has 0 radical (unpaired) electrons. The molecule has 0 aliphatic carbocycles. The van der Waals surface area contributed by atoms with Crippen molar-refractivity contribution in [1.82, 2.24) is 10.2 Å². The second-order valence-corrected chi connectivity index (χ2v) is 6.07. The molecule has 29 heavy (non-hydrogen) atoms. The predicted molar refractivity (Wildman–Crippen MR) is 99.9 cm³/mol. The first-order valence-electron chi connectivity index (χ1n) is 8.89. The largest absolute Gasteiger partial charge is 0.444 e. The van der Waals surface area contributed by atoms with Crippen LogP contribution in [-0.2, 0) is 14.3 Å². The summed E-state index contributed by atoms with van der Waals surface area (Å²) in [6, 6.07) is -1.49. The van der Waals surface area contributed by atoms with Crippen molar-refractivity contribution in [3.8, 4) is 0 Å². The number of carbonyl (C=O) groups is 3. The van der Waals surface area contributed by atoms with Gasteiger partial charge in [0.15, 0.2) is 0 Å². The van der Waals surface area contributed by atoms with Crippen molar-refractivity contribution in [2.75, 3.05) is 26.2 Å². The Morgan fingerprint density at radius 3 is 2.55 bits per heavy atom. The number of likely N-dealkylation sites (tertiary alicyclic amines) is 1. The van der Waals surface area contributed by atoms with Crippen molar-refractivity contribution in [3.63, 3.8) is 0 Å². The first kappa shape index (κ1) is 24.0. The fourth-order valence-corrected chi connectivity index (χ4v) is 2.46. The zero-order valence-electron chi connectivity index (χ0n) is 15.9. The highest BCUT2D eigenvalue weighted by atomic mass is 19.3. The van der Waals surface area contributed by atoms with Crippen LogP contribution in [0.4, 0.5) is 18.4 Å². The summed E-state index contributed by atoms with van der Waals surface area (Å²) in [6.07, 6.45) is -1.42. The van der Waals surface area contributed by atoms with Gasteiger partial charge in [0.05, 0.1) is 6.04 Å².